The van der Waals surface area contributed by atoms with E-state index in [9.17, 15) is 9.59 Å². The van der Waals surface area contributed by atoms with E-state index in [0.717, 1.165) is 10.5 Å². The van der Waals surface area contributed by atoms with Crippen molar-refractivity contribution in [1.82, 2.24) is 4.90 Å². The Morgan fingerprint density at radius 2 is 1.95 bits per heavy atom. The molecular weight excluding hydrogens is 270 g/mol. The normalized spacial score (nSPS) is 9.86. The van der Waals surface area contributed by atoms with Crippen LogP contribution in [0.5, 0.6) is 0 Å². The van der Waals surface area contributed by atoms with E-state index in [-0.39, 0.29) is 12.3 Å². The van der Waals surface area contributed by atoms with E-state index in [4.69, 9.17) is 15.9 Å². The van der Waals surface area contributed by atoms with Gasteiger partial charge in [-0.05, 0) is 11.6 Å². The summed E-state index contributed by atoms with van der Waals surface area (Å²) < 4.78 is 5.24. The zero-order valence-electron chi connectivity index (χ0n) is 11.2. The molecule has 0 saturated heterocycles. The fourth-order valence-corrected chi connectivity index (χ4v) is 1.94. The van der Waals surface area contributed by atoms with Crippen LogP contribution in [0, 0.1) is 12.3 Å². The largest absolute Gasteiger partial charge is 0.480 e. The molecule has 1 N–H and O–H groups in total. The number of hydrogen-bond acceptors (Lipinski definition) is 3. The number of carboxylic acids is 1. The molecule has 0 atom stereocenters. The van der Waals surface area contributed by atoms with Gasteiger partial charge in [-0.25, -0.2) is 0 Å². The summed E-state index contributed by atoms with van der Waals surface area (Å²) in [6, 6.07) is 10.9. The summed E-state index contributed by atoms with van der Waals surface area (Å²) in [5.74, 6) is 0.681. The Balaban J connectivity index is 2.34. The number of benzene rings is 1. The third kappa shape index (κ3) is 3.31. The van der Waals surface area contributed by atoms with E-state index in [1.807, 2.05) is 30.3 Å². The second-order valence-electron chi connectivity index (χ2n) is 4.29. The Morgan fingerprint density at radius 1 is 1.24 bits per heavy atom. The maximum Gasteiger partial charge on any atom is 0.323 e. The molecule has 1 aromatic carbocycles. The average Bonchev–Trinajstić information content (AvgIpc) is 2.96. The molecule has 21 heavy (non-hydrogen) atoms. The molecule has 2 aromatic rings. The number of aliphatic carboxylic acids is 1. The number of carboxylic acid groups (broad SMARTS) is 1. The van der Waals surface area contributed by atoms with Gasteiger partial charge < -0.3 is 14.4 Å². The Morgan fingerprint density at radius 3 is 2.57 bits per heavy atom. The molecule has 0 bridgehead atoms. The highest BCUT2D eigenvalue weighted by Gasteiger charge is 2.23. The quantitative estimate of drug-likeness (QED) is 0.853. The first-order chi connectivity index (χ1) is 10.1. The molecule has 0 spiro atoms. The minimum Gasteiger partial charge on any atom is -0.480 e. The summed E-state index contributed by atoms with van der Waals surface area (Å²) in [6.07, 6.45) is 6.57. The van der Waals surface area contributed by atoms with Gasteiger partial charge in [0.15, 0.2) is 5.76 Å². The molecule has 1 amide bonds. The average molecular weight is 283 g/mol. The standard InChI is InChI=1S/C16H13NO4/c1-2-9-17(11-14(18)19)16(20)15-13(8-10-21-15)12-6-4-3-5-7-12/h1,3-8,10H,9,11H2,(H,18,19). The highest BCUT2D eigenvalue weighted by molar-refractivity contribution is 5.99. The number of furan rings is 1. The lowest BCUT2D eigenvalue weighted by Gasteiger charge is -2.17. The minimum absolute atomic E-state index is 0.0812. The van der Waals surface area contributed by atoms with Crippen LogP contribution in [0.25, 0.3) is 11.1 Å². The monoisotopic (exact) mass is 283 g/mol. The van der Waals surface area contributed by atoms with Crippen molar-refractivity contribution in [3.05, 3.63) is 48.4 Å². The zero-order chi connectivity index (χ0) is 15.2. The van der Waals surface area contributed by atoms with Gasteiger partial charge in [0.2, 0.25) is 0 Å². The molecule has 106 valence electrons. The van der Waals surface area contributed by atoms with Gasteiger partial charge in [-0.1, -0.05) is 36.3 Å². The second kappa shape index (κ2) is 6.44. The fourth-order valence-electron chi connectivity index (χ4n) is 1.94. The smallest absolute Gasteiger partial charge is 0.323 e. The summed E-state index contributed by atoms with van der Waals surface area (Å²) in [5, 5.41) is 8.85. The SMILES string of the molecule is C#CCN(CC(=O)O)C(=O)c1occc1-c1ccccc1. The molecule has 5 nitrogen and oxygen atoms in total. The van der Waals surface area contributed by atoms with Crippen LogP contribution in [-0.4, -0.2) is 35.0 Å². The van der Waals surface area contributed by atoms with Crippen LogP contribution in [0.3, 0.4) is 0 Å². The van der Waals surface area contributed by atoms with Gasteiger partial charge in [-0.3, -0.25) is 9.59 Å². The molecule has 0 aliphatic heterocycles. The fraction of sp³-hybridized carbons (Fsp3) is 0.125. The molecule has 0 fully saturated rings. The first-order valence-corrected chi connectivity index (χ1v) is 6.21. The second-order valence-corrected chi connectivity index (χ2v) is 4.29. The summed E-state index contributed by atoms with van der Waals surface area (Å²) in [4.78, 5) is 24.3. The van der Waals surface area contributed by atoms with Crippen molar-refractivity contribution < 1.29 is 19.1 Å². The van der Waals surface area contributed by atoms with Crippen molar-refractivity contribution in [3.8, 4) is 23.5 Å². The first kappa shape index (κ1) is 14.4. The van der Waals surface area contributed by atoms with Crippen molar-refractivity contribution in [2.24, 2.45) is 0 Å². The van der Waals surface area contributed by atoms with Crippen molar-refractivity contribution in [2.45, 2.75) is 0 Å². The molecule has 2 rings (SSSR count). The van der Waals surface area contributed by atoms with Gasteiger partial charge in [0.1, 0.15) is 6.54 Å². The van der Waals surface area contributed by atoms with Crippen molar-refractivity contribution in [3.63, 3.8) is 0 Å². The highest BCUT2D eigenvalue weighted by atomic mass is 16.4. The maximum atomic E-state index is 12.4. The van der Waals surface area contributed by atoms with Crippen LogP contribution in [-0.2, 0) is 4.79 Å². The molecule has 0 aliphatic carbocycles. The van der Waals surface area contributed by atoms with E-state index in [2.05, 4.69) is 5.92 Å². The number of amides is 1. The summed E-state index contributed by atoms with van der Waals surface area (Å²) >= 11 is 0. The van der Waals surface area contributed by atoms with Crippen LogP contribution in [0.4, 0.5) is 0 Å². The number of rotatable bonds is 5. The minimum atomic E-state index is -1.13. The molecule has 5 heteroatoms. The number of carbonyl (C=O) groups excluding carboxylic acids is 1. The Kier molecular flexibility index (Phi) is 4.42. The highest BCUT2D eigenvalue weighted by Crippen LogP contribution is 2.25. The molecule has 0 aliphatic rings. The van der Waals surface area contributed by atoms with Gasteiger partial charge in [-0.2, -0.15) is 0 Å². The van der Waals surface area contributed by atoms with Gasteiger partial charge in [0.25, 0.3) is 5.91 Å². The van der Waals surface area contributed by atoms with Crippen LogP contribution >= 0.6 is 0 Å². The van der Waals surface area contributed by atoms with Gasteiger partial charge in [0.05, 0.1) is 12.8 Å². The third-order valence-corrected chi connectivity index (χ3v) is 2.84. The van der Waals surface area contributed by atoms with Crippen molar-refractivity contribution in [1.29, 1.82) is 0 Å². The zero-order valence-corrected chi connectivity index (χ0v) is 11.2. The lowest BCUT2D eigenvalue weighted by Crippen LogP contribution is -2.36. The number of hydrogen-bond donors (Lipinski definition) is 1. The number of terminal acetylenes is 1. The first-order valence-electron chi connectivity index (χ1n) is 6.21. The van der Waals surface area contributed by atoms with Crippen molar-refractivity contribution >= 4 is 11.9 Å². The Hall–Kier alpha value is -3.00. The predicted octanol–water partition coefficient (Wildman–Crippen LogP) is 2.11. The summed E-state index contributed by atoms with van der Waals surface area (Å²) in [5.41, 5.74) is 1.42. The third-order valence-electron chi connectivity index (χ3n) is 2.84. The molecular formula is C16H13NO4. The van der Waals surface area contributed by atoms with Gasteiger partial charge in [0, 0.05) is 5.56 Å². The van der Waals surface area contributed by atoms with Crippen LogP contribution in [0.1, 0.15) is 10.6 Å². The van der Waals surface area contributed by atoms with Crippen LogP contribution in [0.15, 0.2) is 47.1 Å². The molecule has 0 unspecified atom stereocenters. The molecule has 0 radical (unpaired) electrons. The summed E-state index contributed by atoms with van der Waals surface area (Å²) in [7, 11) is 0. The maximum absolute atomic E-state index is 12.4. The van der Waals surface area contributed by atoms with E-state index in [1.165, 1.54) is 6.26 Å². The lowest BCUT2D eigenvalue weighted by molar-refractivity contribution is -0.137. The van der Waals surface area contributed by atoms with E-state index >= 15 is 0 Å². The predicted molar refractivity (Wildman–Crippen MR) is 76.5 cm³/mol. The van der Waals surface area contributed by atoms with Crippen LogP contribution in [0.2, 0.25) is 0 Å². The molecule has 1 aromatic heterocycles. The number of nitrogens with zero attached hydrogens (tertiary/aromatic N) is 1. The Labute approximate surface area is 121 Å². The van der Waals surface area contributed by atoms with Gasteiger partial charge in [-0.15, -0.1) is 6.42 Å². The number of carbonyl (C=O) groups is 2. The van der Waals surface area contributed by atoms with Crippen molar-refractivity contribution in [2.75, 3.05) is 13.1 Å². The van der Waals surface area contributed by atoms with E-state index in [0.29, 0.717) is 5.56 Å². The van der Waals surface area contributed by atoms with Gasteiger partial charge >= 0.3 is 5.97 Å². The topological polar surface area (TPSA) is 70.8 Å². The van der Waals surface area contributed by atoms with E-state index < -0.39 is 18.4 Å². The summed E-state index contributed by atoms with van der Waals surface area (Å²) in [6.45, 7) is -0.571. The lowest BCUT2D eigenvalue weighted by atomic mass is 10.1. The molecule has 0 saturated carbocycles. The van der Waals surface area contributed by atoms with E-state index in [1.54, 1.807) is 6.07 Å². The molecule has 1 heterocycles. The van der Waals surface area contributed by atoms with Crippen LogP contribution < -0.4 is 0 Å². The Bertz CT molecular complexity index is 682.